The highest BCUT2D eigenvalue weighted by Gasteiger charge is 2.14. The second kappa shape index (κ2) is 6.90. The van der Waals surface area contributed by atoms with Crippen LogP contribution in [0.1, 0.15) is 30.8 Å². The summed E-state index contributed by atoms with van der Waals surface area (Å²) in [4.78, 5) is 24.4. The number of para-hydroxylation sites is 1. The molecule has 1 atom stereocenters. The van der Waals surface area contributed by atoms with Gasteiger partial charge in [-0.1, -0.05) is 24.6 Å². The Morgan fingerprint density at radius 1 is 1.35 bits per heavy atom. The maximum absolute atomic E-state index is 12.3. The molecule has 0 amide bonds. The molecule has 0 fully saturated rings. The summed E-state index contributed by atoms with van der Waals surface area (Å²) in [6, 6.07) is 8.87. The molecule has 2 N–H and O–H groups in total. The van der Waals surface area contributed by atoms with Crippen molar-refractivity contribution in [2.45, 2.75) is 25.9 Å². The van der Waals surface area contributed by atoms with E-state index in [4.69, 9.17) is 11.6 Å². The van der Waals surface area contributed by atoms with Crippen molar-refractivity contribution in [2.75, 3.05) is 0 Å². The van der Waals surface area contributed by atoms with Gasteiger partial charge in [-0.3, -0.25) is 9.20 Å². The van der Waals surface area contributed by atoms with Crippen molar-refractivity contribution in [1.82, 2.24) is 24.7 Å². The largest absolute Gasteiger partial charge is 0.356 e. The summed E-state index contributed by atoms with van der Waals surface area (Å²) in [7, 11) is 0. The Morgan fingerprint density at radius 3 is 3.04 bits per heavy atom. The van der Waals surface area contributed by atoms with Gasteiger partial charge in [0.15, 0.2) is 5.43 Å². The van der Waals surface area contributed by atoms with Crippen LogP contribution in [0.5, 0.6) is 0 Å². The maximum atomic E-state index is 12.3. The van der Waals surface area contributed by atoms with E-state index in [0.29, 0.717) is 28.2 Å². The molecule has 26 heavy (non-hydrogen) atoms. The number of hydrogen-bond acceptors (Lipinski definition) is 4. The lowest BCUT2D eigenvalue weighted by molar-refractivity contribution is 0.505. The number of nitrogens with one attached hydrogen (secondary N) is 2. The van der Waals surface area contributed by atoms with Crippen LogP contribution >= 0.6 is 11.6 Å². The third kappa shape index (κ3) is 3.09. The molecular formula is C19H18ClN5O. The lowest BCUT2D eigenvalue weighted by Crippen LogP contribution is -2.22. The molecule has 0 radical (unpaired) electrons. The van der Waals surface area contributed by atoms with Crippen molar-refractivity contribution in [3.8, 4) is 0 Å². The Kier molecular flexibility index (Phi) is 4.44. The SMILES string of the molecule is CC[C@@H](NCc1cc(=O)c2cccc(Cl)c2[nH]1)c1cn2cccnc2n1. The standard InChI is InChI=1S/C19H18ClN5O/c1-2-15(16-11-25-8-4-7-21-19(25)24-16)22-10-12-9-17(26)13-5-3-6-14(20)18(13)23-12/h3-9,11,15,22H,2,10H2,1H3,(H,23,26)/t15-/m1/s1. The van der Waals surface area contributed by atoms with Crippen molar-refractivity contribution < 1.29 is 0 Å². The number of pyridine rings is 1. The minimum absolute atomic E-state index is 0.0389. The predicted molar refractivity (Wildman–Crippen MR) is 102 cm³/mol. The molecular weight excluding hydrogens is 350 g/mol. The second-order valence-corrected chi connectivity index (χ2v) is 6.56. The molecule has 6 nitrogen and oxygen atoms in total. The average molecular weight is 368 g/mol. The van der Waals surface area contributed by atoms with Gasteiger partial charge < -0.3 is 10.3 Å². The number of H-pyrrole nitrogens is 1. The van der Waals surface area contributed by atoms with Crippen molar-refractivity contribution in [3.63, 3.8) is 0 Å². The first kappa shape index (κ1) is 16.8. The van der Waals surface area contributed by atoms with Gasteiger partial charge in [0, 0.05) is 42.3 Å². The van der Waals surface area contributed by atoms with Crippen molar-refractivity contribution in [1.29, 1.82) is 0 Å². The van der Waals surface area contributed by atoms with E-state index in [9.17, 15) is 4.79 Å². The van der Waals surface area contributed by atoms with Crippen LogP contribution in [-0.2, 0) is 6.54 Å². The van der Waals surface area contributed by atoms with Crippen LogP contribution in [0.25, 0.3) is 16.7 Å². The van der Waals surface area contributed by atoms with Crippen molar-refractivity contribution in [3.05, 3.63) is 75.6 Å². The predicted octanol–water partition coefficient (Wildman–Crippen LogP) is 3.47. The number of rotatable bonds is 5. The Balaban J connectivity index is 1.60. The molecule has 4 rings (SSSR count). The van der Waals surface area contributed by atoms with Gasteiger partial charge in [0.25, 0.3) is 0 Å². The average Bonchev–Trinajstić information content (AvgIpc) is 3.07. The highest BCUT2D eigenvalue weighted by molar-refractivity contribution is 6.35. The van der Waals surface area contributed by atoms with Gasteiger partial charge in [-0.2, -0.15) is 0 Å². The van der Waals surface area contributed by atoms with Crippen LogP contribution in [0.3, 0.4) is 0 Å². The molecule has 3 aromatic heterocycles. The number of halogens is 1. The summed E-state index contributed by atoms with van der Waals surface area (Å²) < 4.78 is 1.90. The summed E-state index contributed by atoms with van der Waals surface area (Å²) >= 11 is 6.22. The highest BCUT2D eigenvalue weighted by Crippen LogP contribution is 2.20. The van der Waals surface area contributed by atoms with Crippen LogP contribution < -0.4 is 10.7 Å². The van der Waals surface area contributed by atoms with E-state index in [1.807, 2.05) is 22.9 Å². The summed E-state index contributed by atoms with van der Waals surface area (Å²) in [5, 5.41) is 4.60. The Bertz CT molecular complexity index is 1100. The lowest BCUT2D eigenvalue weighted by atomic mass is 10.1. The first-order chi connectivity index (χ1) is 12.7. The van der Waals surface area contributed by atoms with E-state index < -0.39 is 0 Å². The first-order valence-corrected chi connectivity index (χ1v) is 8.87. The third-order valence-corrected chi connectivity index (χ3v) is 4.74. The number of nitrogens with zero attached hydrogens (tertiary/aromatic N) is 3. The number of aromatic nitrogens is 4. The minimum Gasteiger partial charge on any atom is -0.356 e. The van der Waals surface area contributed by atoms with Gasteiger partial charge in [-0.15, -0.1) is 0 Å². The molecule has 132 valence electrons. The second-order valence-electron chi connectivity index (χ2n) is 6.16. The minimum atomic E-state index is -0.0389. The van der Waals surface area contributed by atoms with Gasteiger partial charge in [0.05, 0.1) is 22.3 Å². The molecule has 0 aliphatic rings. The monoisotopic (exact) mass is 367 g/mol. The number of hydrogen-bond donors (Lipinski definition) is 2. The zero-order valence-electron chi connectivity index (χ0n) is 14.2. The molecule has 0 aliphatic heterocycles. The van der Waals surface area contributed by atoms with Crippen LogP contribution in [-0.4, -0.2) is 19.4 Å². The first-order valence-electron chi connectivity index (χ1n) is 8.49. The Hall–Kier alpha value is -2.70. The van der Waals surface area contributed by atoms with Crippen molar-refractivity contribution >= 4 is 28.3 Å². The van der Waals surface area contributed by atoms with Crippen LogP contribution in [0, 0.1) is 0 Å². The molecule has 0 spiro atoms. The van der Waals surface area contributed by atoms with E-state index in [1.165, 1.54) is 0 Å². The van der Waals surface area contributed by atoms with E-state index in [1.54, 1.807) is 30.5 Å². The number of fused-ring (bicyclic) bond motifs is 2. The van der Waals surface area contributed by atoms with E-state index in [-0.39, 0.29) is 11.5 Å². The van der Waals surface area contributed by atoms with E-state index >= 15 is 0 Å². The van der Waals surface area contributed by atoms with Gasteiger partial charge in [0.2, 0.25) is 5.78 Å². The fourth-order valence-electron chi connectivity index (χ4n) is 3.09. The normalized spacial score (nSPS) is 12.7. The number of aromatic amines is 1. The highest BCUT2D eigenvalue weighted by atomic mass is 35.5. The van der Waals surface area contributed by atoms with Crippen molar-refractivity contribution in [2.24, 2.45) is 0 Å². The zero-order chi connectivity index (χ0) is 18.1. The molecule has 0 saturated carbocycles. The molecule has 0 saturated heterocycles. The maximum Gasteiger partial charge on any atom is 0.233 e. The fourth-order valence-corrected chi connectivity index (χ4v) is 3.31. The quantitative estimate of drug-likeness (QED) is 0.566. The summed E-state index contributed by atoms with van der Waals surface area (Å²) in [6.07, 6.45) is 6.49. The Morgan fingerprint density at radius 2 is 2.23 bits per heavy atom. The number of imidazole rings is 1. The van der Waals surface area contributed by atoms with Crippen LogP contribution in [0.4, 0.5) is 0 Å². The van der Waals surface area contributed by atoms with E-state index in [2.05, 4.69) is 27.2 Å². The molecule has 4 aromatic rings. The molecule has 3 heterocycles. The third-order valence-electron chi connectivity index (χ3n) is 4.43. The Labute approximate surface area is 154 Å². The van der Waals surface area contributed by atoms with Crippen LogP contribution in [0.2, 0.25) is 5.02 Å². The van der Waals surface area contributed by atoms with Gasteiger partial charge >= 0.3 is 0 Å². The zero-order valence-corrected chi connectivity index (χ0v) is 15.0. The molecule has 0 aliphatic carbocycles. The fraction of sp³-hybridized carbons (Fsp3) is 0.211. The van der Waals surface area contributed by atoms with Gasteiger partial charge in [-0.25, -0.2) is 9.97 Å². The van der Waals surface area contributed by atoms with Gasteiger partial charge in [-0.05, 0) is 24.6 Å². The smallest absolute Gasteiger partial charge is 0.233 e. The summed E-state index contributed by atoms with van der Waals surface area (Å²) in [5.74, 6) is 0.675. The molecule has 1 aromatic carbocycles. The van der Waals surface area contributed by atoms with Crippen LogP contribution in [0.15, 0.2) is 53.7 Å². The molecule has 0 bridgehead atoms. The van der Waals surface area contributed by atoms with E-state index in [0.717, 1.165) is 17.8 Å². The van der Waals surface area contributed by atoms with Gasteiger partial charge in [0.1, 0.15) is 0 Å². The number of benzene rings is 1. The topological polar surface area (TPSA) is 75.1 Å². The lowest BCUT2D eigenvalue weighted by Gasteiger charge is -2.15. The molecule has 0 unspecified atom stereocenters. The molecule has 7 heteroatoms. The summed E-state index contributed by atoms with van der Waals surface area (Å²) in [5.41, 5.74) is 2.34. The summed E-state index contributed by atoms with van der Waals surface area (Å²) in [6.45, 7) is 2.60.